The minimum atomic E-state index is -0.796. The monoisotopic (exact) mass is 344 g/mol. The molecule has 3 aliphatic rings. The average Bonchev–Trinajstić information content (AvgIpc) is 3.20. The number of hydrogen-bond acceptors (Lipinski definition) is 4. The van der Waals surface area contributed by atoms with Crippen LogP contribution in [0.3, 0.4) is 0 Å². The zero-order chi connectivity index (χ0) is 17.6. The molecule has 134 valence electrons. The molecule has 0 aliphatic carbocycles. The van der Waals surface area contributed by atoms with Gasteiger partial charge < -0.3 is 15.2 Å². The van der Waals surface area contributed by atoms with Gasteiger partial charge >= 0.3 is 5.97 Å². The highest BCUT2D eigenvalue weighted by Gasteiger charge is 2.62. The molecular formula is C19H24N2O4. The molecule has 3 heterocycles. The number of carboxylic acid groups (broad SMARTS) is 1. The lowest BCUT2D eigenvalue weighted by atomic mass is 9.73. The van der Waals surface area contributed by atoms with Crippen LogP contribution in [0.15, 0.2) is 24.3 Å². The number of carbonyl (C=O) groups is 2. The van der Waals surface area contributed by atoms with Crippen LogP contribution in [0.4, 0.5) is 0 Å². The number of rotatable bonds is 5. The van der Waals surface area contributed by atoms with Gasteiger partial charge in [0, 0.05) is 37.0 Å². The van der Waals surface area contributed by atoms with E-state index in [1.807, 2.05) is 36.1 Å². The normalized spacial score (nSPS) is 33.4. The smallest absolute Gasteiger partial charge is 0.317 e. The fourth-order valence-corrected chi connectivity index (χ4v) is 4.89. The van der Waals surface area contributed by atoms with Crippen LogP contribution in [-0.4, -0.2) is 59.8 Å². The van der Waals surface area contributed by atoms with E-state index < -0.39 is 5.97 Å². The van der Waals surface area contributed by atoms with Crippen LogP contribution in [0, 0.1) is 18.8 Å². The van der Waals surface area contributed by atoms with Crippen LogP contribution >= 0.6 is 0 Å². The molecule has 1 amide bonds. The molecule has 3 fully saturated rings. The van der Waals surface area contributed by atoms with Gasteiger partial charge in [0.05, 0.1) is 18.2 Å². The number of aliphatic carboxylic acids is 1. The topological polar surface area (TPSA) is 78.9 Å². The van der Waals surface area contributed by atoms with Gasteiger partial charge in [-0.15, -0.1) is 0 Å². The predicted octanol–water partition coefficient (Wildman–Crippen LogP) is 1.29. The number of ether oxygens (including phenoxy) is 1. The van der Waals surface area contributed by atoms with Gasteiger partial charge in [-0.1, -0.05) is 17.7 Å². The van der Waals surface area contributed by atoms with Crippen LogP contribution < -0.4 is 5.32 Å². The minimum Gasteiger partial charge on any atom is -0.480 e. The fourth-order valence-electron chi connectivity index (χ4n) is 4.89. The number of nitrogens with one attached hydrogen (secondary N) is 1. The average molecular weight is 344 g/mol. The number of fused-ring (bicyclic) bond motifs is 1. The van der Waals surface area contributed by atoms with Crippen LogP contribution in [0.5, 0.6) is 0 Å². The maximum absolute atomic E-state index is 12.4. The summed E-state index contributed by atoms with van der Waals surface area (Å²) in [5, 5.41) is 12.1. The number of amides is 1. The second kappa shape index (κ2) is 6.11. The number of likely N-dealkylation sites (tertiary alicyclic amines) is 1. The van der Waals surface area contributed by atoms with E-state index in [1.54, 1.807) is 0 Å². The van der Waals surface area contributed by atoms with E-state index in [1.165, 1.54) is 0 Å². The van der Waals surface area contributed by atoms with E-state index in [0.717, 1.165) is 24.9 Å². The number of nitrogens with zero attached hydrogens (tertiary/aromatic N) is 1. The first-order valence-corrected chi connectivity index (χ1v) is 8.94. The lowest BCUT2D eigenvalue weighted by Crippen LogP contribution is -2.41. The molecule has 25 heavy (non-hydrogen) atoms. The first-order chi connectivity index (χ1) is 12.0. The van der Waals surface area contributed by atoms with Gasteiger partial charge in [0.25, 0.3) is 5.91 Å². The lowest BCUT2D eigenvalue weighted by Gasteiger charge is -2.29. The van der Waals surface area contributed by atoms with Gasteiger partial charge in [-0.3, -0.25) is 14.5 Å². The van der Waals surface area contributed by atoms with Crippen LogP contribution in [0.2, 0.25) is 0 Å². The van der Waals surface area contributed by atoms with E-state index in [0.29, 0.717) is 24.6 Å². The summed E-state index contributed by atoms with van der Waals surface area (Å²) in [6.07, 6.45) is 2.19. The van der Waals surface area contributed by atoms with E-state index in [9.17, 15) is 9.59 Å². The van der Waals surface area contributed by atoms with Crippen molar-refractivity contribution < 1.29 is 19.4 Å². The first-order valence-electron chi connectivity index (χ1n) is 8.94. The van der Waals surface area contributed by atoms with Crippen molar-refractivity contribution in [3.05, 3.63) is 35.4 Å². The second-order valence-electron chi connectivity index (χ2n) is 7.67. The molecule has 1 aromatic carbocycles. The van der Waals surface area contributed by atoms with Gasteiger partial charge in [-0.05, 0) is 31.9 Å². The maximum atomic E-state index is 12.4. The molecule has 0 radical (unpaired) electrons. The fraction of sp³-hybridized carbons (Fsp3) is 0.579. The highest BCUT2D eigenvalue weighted by Crippen LogP contribution is 2.54. The van der Waals surface area contributed by atoms with Gasteiger partial charge in [0.2, 0.25) is 0 Å². The molecule has 4 rings (SSSR count). The Balaban J connectivity index is 1.40. The van der Waals surface area contributed by atoms with Crippen LogP contribution in [0.1, 0.15) is 28.8 Å². The van der Waals surface area contributed by atoms with E-state index >= 15 is 0 Å². The summed E-state index contributed by atoms with van der Waals surface area (Å²) in [5.74, 6) is -0.279. The highest BCUT2D eigenvalue weighted by molar-refractivity contribution is 5.94. The Kier molecular flexibility index (Phi) is 4.04. The van der Waals surface area contributed by atoms with E-state index in [4.69, 9.17) is 9.84 Å². The molecule has 4 atom stereocenters. The van der Waals surface area contributed by atoms with Gasteiger partial charge in [0.15, 0.2) is 0 Å². The maximum Gasteiger partial charge on any atom is 0.317 e. The molecule has 6 nitrogen and oxygen atoms in total. The number of hydrogen-bond donors (Lipinski definition) is 2. The van der Waals surface area contributed by atoms with E-state index in [-0.39, 0.29) is 30.1 Å². The third kappa shape index (κ3) is 2.93. The quantitative estimate of drug-likeness (QED) is 0.841. The molecule has 2 N–H and O–H groups in total. The van der Waals surface area contributed by atoms with Crippen molar-refractivity contribution >= 4 is 11.9 Å². The summed E-state index contributed by atoms with van der Waals surface area (Å²) in [5.41, 5.74) is 1.60. The standard InChI is InChI=1S/C19H24N2O4/c1-12-2-4-13(5-3-12)18(24)20-8-14-15-9-21(10-17(22)23)11-19(15)7-6-16(14)25-19/h2-5,14-16H,6-11H2,1H3,(H,20,24)(H,22,23)/t14-,15+,16+,19+/m0/s1. The number of carbonyl (C=O) groups excluding carboxylic acids is 1. The summed E-state index contributed by atoms with van der Waals surface area (Å²) in [6, 6.07) is 7.55. The third-order valence-corrected chi connectivity index (χ3v) is 6.03. The zero-order valence-electron chi connectivity index (χ0n) is 14.4. The molecule has 2 bridgehead atoms. The molecular weight excluding hydrogens is 320 g/mol. The Morgan fingerprint density at radius 2 is 2.12 bits per heavy atom. The Morgan fingerprint density at radius 1 is 1.36 bits per heavy atom. The third-order valence-electron chi connectivity index (χ3n) is 6.03. The van der Waals surface area contributed by atoms with Crippen LogP contribution in [-0.2, 0) is 9.53 Å². The minimum absolute atomic E-state index is 0.0581. The van der Waals surface area contributed by atoms with Gasteiger partial charge in [-0.2, -0.15) is 0 Å². The van der Waals surface area contributed by atoms with Crippen molar-refractivity contribution in [3.63, 3.8) is 0 Å². The molecule has 3 saturated heterocycles. The Morgan fingerprint density at radius 3 is 2.84 bits per heavy atom. The Hall–Kier alpha value is -1.92. The van der Waals surface area contributed by atoms with Crippen molar-refractivity contribution in [2.45, 2.75) is 31.5 Å². The lowest BCUT2D eigenvalue weighted by molar-refractivity contribution is -0.138. The Bertz CT molecular complexity index is 689. The SMILES string of the molecule is Cc1ccc(C(=O)NC[C@H]2[C@H]3CN(CC(=O)O)C[C@]34CC[C@H]2O4)cc1. The molecule has 0 saturated carbocycles. The summed E-state index contributed by atoms with van der Waals surface area (Å²) in [4.78, 5) is 25.4. The molecule has 6 heteroatoms. The predicted molar refractivity (Wildman–Crippen MR) is 91.4 cm³/mol. The largest absolute Gasteiger partial charge is 0.480 e. The summed E-state index contributed by atoms with van der Waals surface area (Å²) in [6.45, 7) is 4.09. The summed E-state index contributed by atoms with van der Waals surface area (Å²) in [7, 11) is 0. The van der Waals surface area contributed by atoms with Crippen molar-refractivity contribution in [3.8, 4) is 0 Å². The summed E-state index contributed by atoms with van der Waals surface area (Å²) >= 11 is 0. The van der Waals surface area contributed by atoms with Crippen molar-refractivity contribution in [2.24, 2.45) is 11.8 Å². The van der Waals surface area contributed by atoms with Crippen molar-refractivity contribution in [2.75, 3.05) is 26.2 Å². The molecule has 1 spiro atoms. The zero-order valence-corrected chi connectivity index (χ0v) is 14.4. The molecule has 1 aromatic rings. The van der Waals surface area contributed by atoms with E-state index in [2.05, 4.69) is 5.32 Å². The van der Waals surface area contributed by atoms with Crippen molar-refractivity contribution in [1.82, 2.24) is 10.2 Å². The second-order valence-corrected chi connectivity index (χ2v) is 7.67. The van der Waals surface area contributed by atoms with Crippen LogP contribution in [0.25, 0.3) is 0 Å². The highest BCUT2D eigenvalue weighted by atomic mass is 16.5. The molecule has 3 aliphatic heterocycles. The van der Waals surface area contributed by atoms with Crippen molar-refractivity contribution in [1.29, 1.82) is 0 Å². The number of carboxylic acids is 1. The number of aryl methyl sites for hydroxylation is 1. The molecule has 0 aromatic heterocycles. The summed E-state index contributed by atoms with van der Waals surface area (Å²) < 4.78 is 6.28. The molecule has 0 unspecified atom stereocenters. The van der Waals surface area contributed by atoms with Gasteiger partial charge in [0.1, 0.15) is 0 Å². The van der Waals surface area contributed by atoms with Gasteiger partial charge in [-0.25, -0.2) is 0 Å². The Labute approximate surface area is 147 Å². The first kappa shape index (κ1) is 16.5. The number of benzene rings is 1.